The lowest BCUT2D eigenvalue weighted by molar-refractivity contribution is -0.384. The first kappa shape index (κ1) is 20.0. The van der Waals surface area contributed by atoms with Crippen LogP contribution in [0.3, 0.4) is 0 Å². The van der Waals surface area contributed by atoms with Gasteiger partial charge in [-0.1, -0.05) is 6.42 Å². The van der Waals surface area contributed by atoms with E-state index >= 15 is 0 Å². The molecule has 2 heterocycles. The number of benzene rings is 1. The molecule has 1 aliphatic rings. The van der Waals surface area contributed by atoms with Gasteiger partial charge in [-0.05, 0) is 25.0 Å². The van der Waals surface area contributed by atoms with E-state index in [-0.39, 0.29) is 16.3 Å². The summed E-state index contributed by atoms with van der Waals surface area (Å²) >= 11 is 0. The number of nitro groups is 1. The Morgan fingerprint density at radius 1 is 1.11 bits per heavy atom. The number of hydrogen-bond acceptors (Lipinski definition) is 8. The van der Waals surface area contributed by atoms with Gasteiger partial charge >= 0.3 is 0 Å². The maximum absolute atomic E-state index is 12.8. The SMILES string of the molecule is O=[N+]([O-])c1cc(S(=O)(=O)N2CCCCC2)ccc1NCCNc1cnccn1. The van der Waals surface area contributed by atoms with E-state index in [1.54, 1.807) is 18.6 Å². The molecule has 0 unspecified atom stereocenters. The third kappa shape index (κ3) is 4.73. The van der Waals surface area contributed by atoms with Gasteiger partial charge in [0.05, 0.1) is 16.0 Å². The van der Waals surface area contributed by atoms with Crippen LogP contribution in [-0.4, -0.2) is 53.8 Å². The number of piperidine rings is 1. The molecule has 0 atom stereocenters. The number of nitro benzene ring substituents is 1. The van der Waals surface area contributed by atoms with Crippen LogP contribution in [0.5, 0.6) is 0 Å². The maximum Gasteiger partial charge on any atom is 0.293 e. The number of aromatic nitrogens is 2. The Kier molecular flexibility index (Phi) is 6.37. The average molecular weight is 406 g/mol. The van der Waals surface area contributed by atoms with Crippen molar-refractivity contribution in [3.63, 3.8) is 0 Å². The topological polar surface area (TPSA) is 130 Å². The van der Waals surface area contributed by atoms with Crippen molar-refractivity contribution in [3.8, 4) is 0 Å². The zero-order valence-corrected chi connectivity index (χ0v) is 16.1. The van der Waals surface area contributed by atoms with E-state index in [2.05, 4.69) is 20.6 Å². The normalized spacial score (nSPS) is 15.1. The molecular weight excluding hydrogens is 384 g/mol. The Morgan fingerprint density at radius 3 is 2.54 bits per heavy atom. The predicted octanol–water partition coefficient (Wildman–Crippen LogP) is 2.08. The lowest BCUT2D eigenvalue weighted by atomic mass is 10.2. The molecule has 0 radical (unpaired) electrons. The average Bonchev–Trinajstić information content (AvgIpc) is 2.72. The number of sulfonamides is 1. The van der Waals surface area contributed by atoms with Crippen LogP contribution in [0.1, 0.15) is 19.3 Å². The Bertz CT molecular complexity index is 916. The lowest BCUT2D eigenvalue weighted by Gasteiger charge is -2.25. The van der Waals surface area contributed by atoms with Crippen LogP contribution in [-0.2, 0) is 10.0 Å². The highest BCUT2D eigenvalue weighted by Gasteiger charge is 2.28. The van der Waals surface area contributed by atoms with Crippen LogP contribution < -0.4 is 10.6 Å². The van der Waals surface area contributed by atoms with E-state index in [0.29, 0.717) is 32.0 Å². The summed E-state index contributed by atoms with van der Waals surface area (Å²) in [6.07, 6.45) is 7.30. The maximum atomic E-state index is 12.8. The van der Waals surface area contributed by atoms with E-state index in [4.69, 9.17) is 0 Å². The van der Waals surface area contributed by atoms with Crippen molar-refractivity contribution < 1.29 is 13.3 Å². The molecule has 0 aliphatic carbocycles. The minimum atomic E-state index is -3.72. The highest BCUT2D eigenvalue weighted by Crippen LogP contribution is 2.29. The monoisotopic (exact) mass is 406 g/mol. The number of anilines is 2. The summed E-state index contributed by atoms with van der Waals surface area (Å²) < 4.78 is 26.9. The molecule has 0 amide bonds. The van der Waals surface area contributed by atoms with E-state index < -0.39 is 14.9 Å². The van der Waals surface area contributed by atoms with Crippen molar-refractivity contribution in [3.05, 3.63) is 46.9 Å². The Labute approximate surface area is 163 Å². The van der Waals surface area contributed by atoms with Gasteiger partial charge in [0, 0.05) is 44.6 Å². The highest BCUT2D eigenvalue weighted by molar-refractivity contribution is 7.89. The summed E-state index contributed by atoms with van der Waals surface area (Å²) in [6, 6.07) is 3.98. The molecule has 150 valence electrons. The molecule has 1 fully saturated rings. The molecule has 1 saturated heterocycles. The minimum absolute atomic E-state index is 0.0515. The second-order valence-electron chi connectivity index (χ2n) is 6.35. The Balaban J connectivity index is 1.69. The zero-order chi connectivity index (χ0) is 20.0. The van der Waals surface area contributed by atoms with Gasteiger partial charge in [-0.2, -0.15) is 4.31 Å². The predicted molar refractivity (Wildman–Crippen MR) is 105 cm³/mol. The van der Waals surface area contributed by atoms with Crippen molar-refractivity contribution in [2.24, 2.45) is 0 Å². The lowest BCUT2D eigenvalue weighted by Crippen LogP contribution is -2.35. The summed E-state index contributed by atoms with van der Waals surface area (Å²) in [5, 5.41) is 17.5. The van der Waals surface area contributed by atoms with Gasteiger partial charge in [0.25, 0.3) is 5.69 Å². The van der Waals surface area contributed by atoms with E-state index in [0.717, 1.165) is 25.3 Å². The number of nitrogens with one attached hydrogen (secondary N) is 2. The van der Waals surface area contributed by atoms with Gasteiger partial charge in [0.15, 0.2) is 0 Å². The third-order valence-electron chi connectivity index (χ3n) is 4.43. The molecule has 10 nitrogen and oxygen atoms in total. The van der Waals surface area contributed by atoms with Crippen LogP contribution in [0.15, 0.2) is 41.7 Å². The van der Waals surface area contributed by atoms with E-state index in [1.165, 1.54) is 16.4 Å². The third-order valence-corrected chi connectivity index (χ3v) is 6.32. The van der Waals surface area contributed by atoms with Crippen LogP contribution in [0, 0.1) is 10.1 Å². The standard InChI is InChI=1S/C17H22N6O4S/c24-23(25)16-12-14(28(26,27)22-10-2-1-3-11-22)4-5-15(16)19-8-9-21-17-13-18-6-7-20-17/h4-7,12-13,19H,1-3,8-11H2,(H,20,21). The van der Waals surface area contributed by atoms with Crippen molar-refractivity contribution in [1.29, 1.82) is 0 Å². The smallest absolute Gasteiger partial charge is 0.293 e. The summed E-state index contributed by atoms with van der Waals surface area (Å²) in [5.41, 5.74) is 0.00104. The second kappa shape index (κ2) is 8.93. The van der Waals surface area contributed by atoms with Crippen molar-refractivity contribution >= 4 is 27.2 Å². The first-order valence-electron chi connectivity index (χ1n) is 9.01. The summed E-state index contributed by atoms with van der Waals surface area (Å²) in [4.78, 5) is 18.8. The van der Waals surface area contributed by atoms with Crippen molar-refractivity contribution in [2.75, 3.05) is 36.8 Å². The second-order valence-corrected chi connectivity index (χ2v) is 8.28. The van der Waals surface area contributed by atoms with E-state index in [1.807, 2.05) is 0 Å². The largest absolute Gasteiger partial charge is 0.378 e. The van der Waals surface area contributed by atoms with Crippen molar-refractivity contribution in [2.45, 2.75) is 24.2 Å². The van der Waals surface area contributed by atoms with Crippen LogP contribution in [0.2, 0.25) is 0 Å². The van der Waals surface area contributed by atoms with E-state index in [9.17, 15) is 18.5 Å². The van der Waals surface area contributed by atoms with Crippen LogP contribution in [0.25, 0.3) is 0 Å². The molecule has 1 aromatic carbocycles. The first-order chi connectivity index (χ1) is 13.5. The molecule has 0 spiro atoms. The van der Waals surface area contributed by atoms with Gasteiger partial charge < -0.3 is 10.6 Å². The van der Waals surface area contributed by atoms with Gasteiger partial charge in [-0.3, -0.25) is 15.1 Å². The number of rotatable bonds is 8. The molecule has 11 heteroatoms. The van der Waals surface area contributed by atoms with Gasteiger partial charge in [0.2, 0.25) is 10.0 Å². The number of nitrogens with zero attached hydrogens (tertiary/aromatic N) is 4. The quantitative estimate of drug-likeness (QED) is 0.387. The molecule has 0 bridgehead atoms. The van der Waals surface area contributed by atoms with Crippen LogP contribution in [0.4, 0.5) is 17.2 Å². The summed E-state index contributed by atoms with van der Waals surface area (Å²) in [5.74, 6) is 0.599. The summed E-state index contributed by atoms with van der Waals surface area (Å²) in [7, 11) is -3.72. The molecule has 3 rings (SSSR count). The zero-order valence-electron chi connectivity index (χ0n) is 15.2. The van der Waals surface area contributed by atoms with Gasteiger partial charge in [-0.25, -0.2) is 13.4 Å². The van der Waals surface area contributed by atoms with Crippen LogP contribution >= 0.6 is 0 Å². The molecule has 2 N–H and O–H groups in total. The fraction of sp³-hybridized carbons (Fsp3) is 0.412. The Morgan fingerprint density at radius 2 is 1.86 bits per heavy atom. The van der Waals surface area contributed by atoms with Gasteiger partial charge in [0.1, 0.15) is 11.5 Å². The van der Waals surface area contributed by atoms with Gasteiger partial charge in [-0.15, -0.1) is 0 Å². The van der Waals surface area contributed by atoms with Crippen molar-refractivity contribution in [1.82, 2.24) is 14.3 Å². The molecule has 0 saturated carbocycles. The molecule has 2 aromatic rings. The fourth-order valence-electron chi connectivity index (χ4n) is 3.00. The highest BCUT2D eigenvalue weighted by atomic mass is 32.2. The first-order valence-corrected chi connectivity index (χ1v) is 10.4. The molecular formula is C17H22N6O4S. The summed E-state index contributed by atoms with van der Waals surface area (Å²) in [6.45, 7) is 1.74. The Hall–Kier alpha value is -2.79. The number of hydrogen-bond donors (Lipinski definition) is 2. The fourth-order valence-corrected chi connectivity index (χ4v) is 4.54. The minimum Gasteiger partial charge on any atom is -0.378 e. The molecule has 1 aromatic heterocycles. The molecule has 1 aliphatic heterocycles. The molecule has 28 heavy (non-hydrogen) atoms.